The zero-order valence-corrected chi connectivity index (χ0v) is 20.7. The number of anilines is 2. The molecule has 0 radical (unpaired) electrons. The van der Waals surface area contributed by atoms with Crippen molar-refractivity contribution in [3.63, 3.8) is 0 Å². The highest BCUT2D eigenvalue weighted by atomic mass is 35.5. The van der Waals surface area contributed by atoms with Gasteiger partial charge in [0.1, 0.15) is 10.6 Å². The maximum Gasteiger partial charge on any atom is 0.427 e. The number of alkyl halides is 4. The molecule has 10 nitrogen and oxygen atoms in total. The fraction of sp³-hybridized carbons (Fsp3) is 0.450. The molecule has 1 aliphatic rings. The number of hydrogen-bond donors (Lipinski definition) is 1. The number of sulfonamides is 1. The lowest BCUT2D eigenvalue weighted by Gasteiger charge is -2.34. The fourth-order valence-corrected chi connectivity index (χ4v) is 4.99. The highest BCUT2D eigenvalue weighted by molar-refractivity contribution is 7.93. The summed E-state index contributed by atoms with van der Waals surface area (Å²) in [6, 6.07) is 3.43. The van der Waals surface area contributed by atoms with Crippen LogP contribution in [0.2, 0.25) is 5.15 Å². The molecule has 1 aromatic carbocycles. The lowest BCUT2D eigenvalue weighted by molar-refractivity contribution is -0.242. The van der Waals surface area contributed by atoms with Gasteiger partial charge < -0.3 is 9.47 Å². The topological polar surface area (TPSA) is 120 Å². The zero-order chi connectivity index (χ0) is 27.1. The number of fused-ring (bicyclic) bond motifs is 1. The van der Waals surface area contributed by atoms with Crippen LogP contribution in [0.4, 0.5) is 33.7 Å². The molecule has 1 aromatic heterocycles. The molecule has 198 valence electrons. The Morgan fingerprint density at radius 3 is 2.53 bits per heavy atom. The van der Waals surface area contributed by atoms with Crippen molar-refractivity contribution < 1.29 is 45.0 Å². The van der Waals surface area contributed by atoms with E-state index in [-0.39, 0.29) is 22.3 Å². The Balaban J connectivity index is 2.01. The Hall–Kier alpha value is -3.07. The molecular formula is C20H21ClF4N4O6S. The molecule has 1 amide bonds. The number of aromatic nitrogens is 2. The van der Waals surface area contributed by atoms with Gasteiger partial charge in [0.2, 0.25) is 11.4 Å². The molecule has 0 bridgehead atoms. The molecule has 1 N–H and O–H groups in total. The first-order chi connectivity index (χ1) is 16.6. The van der Waals surface area contributed by atoms with Gasteiger partial charge in [0, 0.05) is 18.4 Å². The summed E-state index contributed by atoms with van der Waals surface area (Å²) in [7, 11) is -4.49. The molecule has 2 heterocycles. The van der Waals surface area contributed by atoms with Crippen molar-refractivity contribution >= 4 is 44.9 Å². The van der Waals surface area contributed by atoms with Crippen LogP contribution in [0.25, 0.3) is 0 Å². The van der Waals surface area contributed by atoms with Crippen LogP contribution in [0.3, 0.4) is 0 Å². The number of halogens is 5. The number of carbonyl (C=O) groups is 2. The lowest BCUT2D eigenvalue weighted by atomic mass is 10.1. The van der Waals surface area contributed by atoms with E-state index in [9.17, 15) is 35.6 Å². The van der Waals surface area contributed by atoms with Crippen molar-refractivity contribution in [2.75, 3.05) is 22.8 Å². The standard InChI is InChI=1S/C20H21ClF4N4O6S/c1-4-28-10-16(17(21)27-28)36(32,33)29-9-15(13(30)8-22)34-14-6-5-11(7-12(14)29)26-18(31)35-19(2,3)20(23,24)25/h5-7,10,15H,4,8-9H2,1-3H3,(H,26,31). The van der Waals surface area contributed by atoms with Crippen LogP contribution in [0.15, 0.2) is 29.3 Å². The van der Waals surface area contributed by atoms with Crippen molar-refractivity contribution in [3.05, 3.63) is 29.5 Å². The summed E-state index contributed by atoms with van der Waals surface area (Å²) >= 11 is 6.02. The molecule has 0 spiro atoms. The molecule has 0 saturated heterocycles. The van der Waals surface area contributed by atoms with Gasteiger partial charge in [-0.05, 0) is 39.0 Å². The third-order valence-corrected chi connectivity index (χ3v) is 7.35. The van der Waals surface area contributed by atoms with Gasteiger partial charge in [0.15, 0.2) is 17.9 Å². The quantitative estimate of drug-likeness (QED) is 0.513. The number of nitrogens with one attached hydrogen (secondary N) is 1. The number of carbonyl (C=O) groups excluding carboxylic acids is 2. The molecule has 1 aliphatic heterocycles. The minimum absolute atomic E-state index is 0.147. The van der Waals surface area contributed by atoms with Crippen molar-refractivity contribution in [2.24, 2.45) is 0 Å². The van der Waals surface area contributed by atoms with Crippen molar-refractivity contribution in [1.29, 1.82) is 0 Å². The average molecular weight is 557 g/mol. The van der Waals surface area contributed by atoms with Crippen LogP contribution in [0, 0.1) is 0 Å². The Bertz CT molecular complexity index is 1280. The second kappa shape index (κ2) is 9.76. The van der Waals surface area contributed by atoms with E-state index in [2.05, 4.69) is 15.2 Å². The van der Waals surface area contributed by atoms with Crippen molar-refractivity contribution in [1.82, 2.24) is 9.78 Å². The maximum absolute atomic E-state index is 13.5. The molecule has 2 aromatic rings. The van der Waals surface area contributed by atoms with Crippen molar-refractivity contribution in [3.8, 4) is 5.75 Å². The highest BCUT2D eigenvalue weighted by Crippen LogP contribution is 2.40. The Labute approximate surface area is 208 Å². The van der Waals surface area contributed by atoms with E-state index in [0.717, 1.165) is 22.6 Å². The molecule has 0 aliphatic carbocycles. The van der Waals surface area contributed by atoms with E-state index in [0.29, 0.717) is 20.4 Å². The zero-order valence-electron chi connectivity index (χ0n) is 19.1. The molecule has 1 atom stereocenters. The summed E-state index contributed by atoms with van der Waals surface area (Å²) in [4.78, 5) is 23.7. The summed E-state index contributed by atoms with van der Waals surface area (Å²) in [6.07, 6.45) is -6.63. The first kappa shape index (κ1) is 27.5. The molecule has 36 heavy (non-hydrogen) atoms. The van der Waals surface area contributed by atoms with Gasteiger partial charge in [-0.3, -0.25) is 19.1 Å². The molecule has 16 heteroatoms. The summed E-state index contributed by atoms with van der Waals surface area (Å²) in [6.45, 7) is 1.25. The lowest BCUT2D eigenvalue weighted by Crippen LogP contribution is -2.47. The SMILES string of the molecule is CCn1cc(S(=O)(=O)N2CC(C(=O)CF)Oc3ccc(NC(=O)OC(C)(C)C(F)(F)F)cc32)c(Cl)n1. The third kappa shape index (κ3) is 5.36. The van der Waals surface area contributed by atoms with Gasteiger partial charge in [-0.15, -0.1) is 0 Å². The number of rotatable bonds is 7. The number of ether oxygens (including phenoxy) is 2. The summed E-state index contributed by atoms with van der Waals surface area (Å²) in [5, 5.41) is 5.62. The minimum Gasteiger partial charge on any atom is -0.478 e. The first-order valence-corrected chi connectivity index (χ1v) is 12.1. The van der Waals surface area contributed by atoms with Crippen LogP contribution < -0.4 is 14.4 Å². The van der Waals surface area contributed by atoms with Gasteiger partial charge in [-0.1, -0.05) is 11.6 Å². The van der Waals surface area contributed by atoms with E-state index >= 15 is 0 Å². The van der Waals surface area contributed by atoms with Crippen LogP contribution in [-0.4, -0.2) is 61.2 Å². The molecule has 1 unspecified atom stereocenters. The summed E-state index contributed by atoms with van der Waals surface area (Å²) < 4.78 is 91.0. The number of nitrogens with zero attached hydrogens (tertiary/aromatic N) is 3. The third-order valence-electron chi connectivity index (χ3n) is 5.17. The largest absolute Gasteiger partial charge is 0.478 e. The summed E-state index contributed by atoms with van der Waals surface area (Å²) in [5.74, 6) is -1.18. The maximum atomic E-state index is 13.5. The second-order valence-corrected chi connectivity index (χ2v) is 10.3. The number of hydrogen-bond acceptors (Lipinski definition) is 7. The smallest absolute Gasteiger partial charge is 0.427 e. The van der Waals surface area contributed by atoms with E-state index in [1.165, 1.54) is 10.7 Å². The van der Waals surface area contributed by atoms with Gasteiger partial charge in [0.05, 0.1) is 12.2 Å². The molecule has 0 fully saturated rings. The van der Waals surface area contributed by atoms with Gasteiger partial charge >= 0.3 is 12.3 Å². The normalized spacial score (nSPS) is 16.2. The summed E-state index contributed by atoms with van der Waals surface area (Å²) in [5.41, 5.74) is -3.14. The molecular weight excluding hydrogens is 536 g/mol. The fourth-order valence-electron chi connectivity index (χ4n) is 3.08. The van der Waals surface area contributed by atoms with E-state index in [4.69, 9.17) is 16.3 Å². The monoisotopic (exact) mass is 556 g/mol. The van der Waals surface area contributed by atoms with Crippen LogP contribution in [0.1, 0.15) is 20.8 Å². The minimum atomic E-state index is -4.85. The Kier molecular flexibility index (Phi) is 7.46. The second-order valence-electron chi connectivity index (χ2n) is 8.09. The van der Waals surface area contributed by atoms with Gasteiger partial charge in [-0.2, -0.15) is 18.3 Å². The highest BCUT2D eigenvalue weighted by Gasteiger charge is 2.51. The number of aryl methyl sites for hydroxylation is 1. The number of ketones is 1. The first-order valence-electron chi connectivity index (χ1n) is 10.3. The van der Waals surface area contributed by atoms with Crippen LogP contribution in [-0.2, 0) is 26.1 Å². The van der Waals surface area contributed by atoms with Crippen LogP contribution in [0.5, 0.6) is 5.75 Å². The Morgan fingerprint density at radius 1 is 1.31 bits per heavy atom. The number of Topliss-reactive ketones (excluding diaryl/α,β-unsaturated/α-hetero) is 1. The van der Waals surface area contributed by atoms with E-state index in [1.54, 1.807) is 6.92 Å². The number of benzene rings is 1. The predicted octanol–water partition coefficient (Wildman–Crippen LogP) is 3.94. The molecule has 3 rings (SSSR count). The number of amides is 1. The van der Waals surface area contributed by atoms with E-state index in [1.807, 2.05) is 0 Å². The Morgan fingerprint density at radius 2 is 1.97 bits per heavy atom. The van der Waals surface area contributed by atoms with E-state index < -0.39 is 57.9 Å². The average Bonchev–Trinajstić information content (AvgIpc) is 3.18. The van der Waals surface area contributed by atoms with Gasteiger partial charge in [0.25, 0.3) is 10.0 Å². The predicted molar refractivity (Wildman–Crippen MR) is 120 cm³/mol. The van der Waals surface area contributed by atoms with Crippen molar-refractivity contribution in [2.45, 2.75) is 50.1 Å². The molecule has 0 saturated carbocycles. The van der Waals surface area contributed by atoms with Crippen LogP contribution >= 0.6 is 11.6 Å². The van der Waals surface area contributed by atoms with Gasteiger partial charge in [-0.25, -0.2) is 17.6 Å².